The standard InChI is InChI=1S/C19H31N5O.2ClH/c1-3-14-12-17(22-13-21-14)24-10-7-15(8-11-24)23-18(25)16-6-4-5-9-19(16,2)20;;/h12-13,15-16H,3-11,20H2,1-2H3,(H,23,25);2*1H. The molecule has 154 valence electrons. The molecule has 1 aliphatic heterocycles. The molecule has 0 bridgehead atoms. The third-order valence-corrected chi connectivity index (χ3v) is 5.81. The van der Waals surface area contributed by atoms with Gasteiger partial charge in [0.1, 0.15) is 12.1 Å². The van der Waals surface area contributed by atoms with Crippen molar-refractivity contribution in [2.24, 2.45) is 11.7 Å². The number of aryl methyl sites for hydroxylation is 1. The Bertz CT molecular complexity index is 606. The molecule has 2 fully saturated rings. The molecule has 0 radical (unpaired) electrons. The zero-order valence-electron chi connectivity index (χ0n) is 16.3. The summed E-state index contributed by atoms with van der Waals surface area (Å²) in [7, 11) is 0. The van der Waals surface area contributed by atoms with E-state index in [1.807, 2.05) is 6.92 Å². The summed E-state index contributed by atoms with van der Waals surface area (Å²) in [5, 5.41) is 3.26. The van der Waals surface area contributed by atoms with Gasteiger partial charge in [0, 0.05) is 36.4 Å². The van der Waals surface area contributed by atoms with E-state index in [9.17, 15) is 4.79 Å². The highest BCUT2D eigenvalue weighted by Crippen LogP contribution is 2.32. The fraction of sp³-hybridized carbons (Fsp3) is 0.737. The van der Waals surface area contributed by atoms with E-state index >= 15 is 0 Å². The molecule has 1 amide bonds. The smallest absolute Gasteiger partial charge is 0.225 e. The summed E-state index contributed by atoms with van der Waals surface area (Å²) in [6.45, 7) is 5.95. The summed E-state index contributed by atoms with van der Waals surface area (Å²) >= 11 is 0. The van der Waals surface area contributed by atoms with Crippen molar-refractivity contribution in [2.75, 3.05) is 18.0 Å². The quantitative estimate of drug-likeness (QED) is 0.786. The average molecular weight is 418 g/mol. The fourth-order valence-corrected chi connectivity index (χ4v) is 4.10. The third-order valence-electron chi connectivity index (χ3n) is 5.81. The number of nitrogens with one attached hydrogen (secondary N) is 1. The number of anilines is 1. The molecule has 1 saturated heterocycles. The SMILES string of the molecule is CCc1cc(N2CCC(NC(=O)C3CCCCC3(C)N)CC2)ncn1.Cl.Cl. The van der Waals surface area contributed by atoms with Crippen LogP contribution in [0.3, 0.4) is 0 Å². The van der Waals surface area contributed by atoms with Crippen LogP contribution in [0.1, 0.15) is 58.1 Å². The highest BCUT2D eigenvalue weighted by Gasteiger charge is 2.38. The van der Waals surface area contributed by atoms with Gasteiger partial charge in [-0.25, -0.2) is 9.97 Å². The van der Waals surface area contributed by atoms with Gasteiger partial charge in [-0.05, 0) is 39.0 Å². The first kappa shape index (κ1) is 23.9. The van der Waals surface area contributed by atoms with Crippen LogP contribution < -0.4 is 16.0 Å². The molecule has 1 aliphatic carbocycles. The number of amides is 1. The maximum atomic E-state index is 12.7. The highest BCUT2D eigenvalue weighted by molar-refractivity contribution is 5.85. The molecule has 27 heavy (non-hydrogen) atoms. The van der Waals surface area contributed by atoms with Crippen molar-refractivity contribution in [1.29, 1.82) is 0 Å². The van der Waals surface area contributed by atoms with Gasteiger partial charge in [0.2, 0.25) is 5.91 Å². The number of carbonyl (C=O) groups excluding carboxylic acids is 1. The topological polar surface area (TPSA) is 84.1 Å². The molecule has 8 heteroatoms. The van der Waals surface area contributed by atoms with Crippen LogP contribution in [0.5, 0.6) is 0 Å². The molecule has 3 N–H and O–H groups in total. The molecular formula is C19H33Cl2N5O. The van der Waals surface area contributed by atoms with E-state index in [1.165, 1.54) is 0 Å². The molecule has 6 nitrogen and oxygen atoms in total. The lowest BCUT2D eigenvalue weighted by Gasteiger charge is -2.39. The van der Waals surface area contributed by atoms with Gasteiger partial charge in [-0.2, -0.15) is 0 Å². The highest BCUT2D eigenvalue weighted by atomic mass is 35.5. The van der Waals surface area contributed by atoms with Crippen LogP contribution in [0.4, 0.5) is 5.82 Å². The number of nitrogens with zero attached hydrogens (tertiary/aromatic N) is 3. The Hall–Kier alpha value is -1.11. The van der Waals surface area contributed by atoms with Crippen molar-refractivity contribution in [2.45, 2.75) is 70.4 Å². The number of piperidine rings is 1. The van der Waals surface area contributed by atoms with E-state index in [4.69, 9.17) is 5.73 Å². The van der Waals surface area contributed by atoms with Gasteiger partial charge in [0.25, 0.3) is 0 Å². The second kappa shape index (κ2) is 10.4. The van der Waals surface area contributed by atoms with Crippen molar-refractivity contribution in [3.63, 3.8) is 0 Å². The largest absolute Gasteiger partial charge is 0.356 e. The average Bonchev–Trinajstić information content (AvgIpc) is 2.62. The Morgan fingerprint density at radius 3 is 2.59 bits per heavy atom. The van der Waals surface area contributed by atoms with Gasteiger partial charge in [-0.1, -0.05) is 19.8 Å². The molecule has 1 aromatic heterocycles. The van der Waals surface area contributed by atoms with Crippen LogP contribution in [-0.4, -0.2) is 40.5 Å². The molecule has 1 saturated carbocycles. The molecule has 1 aromatic rings. The zero-order valence-corrected chi connectivity index (χ0v) is 18.0. The van der Waals surface area contributed by atoms with E-state index in [0.717, 1.165) is 69.5 Å². The lowest BCUT2D eigenvalue weighted by molar-refractivity contribution is -0.129. The summed E-state index contributed by atoms with van der Waals surface area (Å²) in [5.74, 6) is 1.10. The van der Waals surface area contributed by atoms with Crippen molar-refractivity contribution in [3.8, 4) is 0 Å². The Balaban J connectivity index is 0.00000182. The second-order valence-electron chi connectivity index (χ2n) is 7.80. The van der Waals surface area contributed by atoms with E-state index in [0.29, 0.717) is 0 Å². The van der Waals surface area contributed by atoms with E-state index in [2.05, 4.69) is 33.2 Å². The molecular weight excluding hydrogens is 385 g/mol. The first-order valence-electron chi connectivity index (χ1n) is 9.64. The molecule has 2 atom stereocenters. The lowest BCUT2D eigenvalue weighted by atomic mass is 9.74. The molecule has 0 spiro atoms. The lowest BCUT2D eigenvalue weighted by Crippen LogP contribution is -2.55. The number of hydrogen-bond donors (Lipinski definition) is 2. The maximum absolute atomic E-state index is 12.7. The third kappa shape index (κ3) is 5.93. The Morgan fingerprint density at radius 1 is 1.26 bits per heavy atom. The fourth-order valence-electron chi connectivity index (χ4n) is 4.10. The van der Waals surface area contributed by atoms with Gasteiger partial charge < -0.3 is 16.0 Å². The van der Waals surface area contributed by atoms with Crippen molar-refractivity contribution < 1.29 is 4.79 Å². The number of halogens is 2. The Labute approximate surface area is 174 Å². The monoisotopic (exact) mass is 417 g/mol. The summed E-state index contributed by atoms with van der Waals surface area (Å²) in [6.07, 6.45) is 8.56. The number of rotatable bonds is 4. The van der Waals surface area contributed by atoms with Crippen molar-refractivity contribution >= 4 is 36.5 Å². The molecule has 2 aliphatic rings. The van der Waals surface area contributed by atoms with Crippen LogP contribution in [0.2, 0.25) is 0 Å². The normalized spacial score (nSPS) is 25.9. The van der Waals surface area contributed by atoms with Crippen molar-refractivity contribution in [1.82, 2.24) is 15.3 Å². The van der Waals surface area contributed by atoms with Gasteiger partial charge in [-0.3, -0.25) is 4.79 Å². The minimum Gasteiger partial charge on any atom is -0.356 e. The molecule has 2 heterocycles. The van der Waals surface area contributed by atoms with Crippen LogP contribution in [0, 0.1) is 5.92 Å². The Morgan fingerprint density at radius 2 is 1.96 bits per heavy atom. The van der Waals surface area contributed by atoms with E-state index in [-0.39, 0.29) is 48.2 Å². The molecule has 2 unspecified atom stereocenters. The van der Waals surface area contributed by atoms with E-state index in [1.54, 1.807) is 6.33 Å². The van der Waals surface area contributed by atoms with Crippen LogP contribution >= 0.6 is 24.8 Å². The number of nitrogens with two attached hydrogens (primary N) is 1. The molecule has 3 rings (SSSR count). The zero-order chi connectivity index (χ0) is 17.9. The summed E-state index contributed by atoms with van der Waals surface area (Å²) < 4.78 is 0. The summed E-state index contributed by atoms with van der Waals surface area (Å²) in [5.41, 5.74) is 7.08. The summed E-state index contributed by atoms with van der Waals surface area (Å²) in [6, 6.07) is 2.31. The van der Waals surface area contributed by atoms with Crippen LogP contribution in [-0.2, 0) is 11.2 Å². The second-order valence-corrected chi connectivity index (χ2v) is 7.80. The first-order chi connectivity index (χ1) is 12.0. The number of hydrogen-bond acceptors (Lipinski definition) is 5. The van der Waals surface area contributed by atoms with Gasteiger partial charge in [-0.15, -0.1) is 24.8 Å². The number of aromatic nitrogens is 2. The first-order valence-corrected chi connectivity index (χ1v) is 9.64. The Kier molecular flexibility index (Phi) is 9.25. The van der Waals surface area contributed by atoms with Gasteiger partial charge in [0.15, 0.2) is 0 Å². The van der Waals surface area contributed by atoms with Crippen LogP contribution in [0.15, 0.2) is 12.4 Å². The van der Waals surface area contributed by atoms with Gasteiger partial charge in [0.05, 0.1) is 5.92 Å². The molecule has 0 aromatic carbocycles. The predicted molar refractivity (Wildman–Crippen MR) is 114 cm³/mol. The van der Waals surface area contributed by atoms with Gasteiger partial charge >= 0.3 is 0 Å². The predicted octanol–water partition coefficient (Wildman–Crippen LogP) is 2.88. The summed E-state index contributed by atoms with van der Waals surface area (Å²) in [4.78, 5) is 23.6. The van der Waals surface area contributed by atoms with E-state index < -0.39 is 0 Å². The van der Waals surface area contributed by atoms with Crippen LogP contribution in [0.25, 0.3) is 0 Å². The minimum atomic E-state index is -0.361. The maximum Gasteiger partial charge on any atom is 0.225 e. The van der Waals surface area contributed by atoms with Crippen molar-refractivity contribution in [3.05, 3.63) is 18.1 Å². The minimum absolute atomic E-state index is 0. The number of carbonyl (C=O) groups is 1.